The summed E-state index contributed by atoms with van der Waals surface area (Å²) in [6.45, 7) is 5.93. The number of benzene rings is 1. The van der Waals surface area contributed by atoms with E-state index < -0.39 is 0 Å². The standard InChI is InChI=1S/C15H18N2O3S/c1-3-5-14(18)16-15-17(4-2)10-8-11-12(9-13(10)21-15)20-7-6-19-11/h8-9H,3-7H2,1-2H3. The summed E-state index contributed by atoms with van der Waals surface area (Å²) in [5.74, 6) is 1.47. The van der Waals surface area contributed by atoms with Crippen LogP contribution in [0.3, 0.4) is 0 Å². The summed E-state index contributed by atoms with van der Waals surface area (Å²) < 4.78 is 14.3. The number of carbonyl (C=O) groups excluding carboxylic acids is 1. The Morgan fingerprint density at radius 2 is 2.00 bits per heavy atom. The molecule has 0 saturated heterocycles. The topological polar surface area (TPSA) is 52.8 Å². The Hall–Kier alpha value is -1.82. The van der Waals surface area contributed by atoms with Crippen LogP contribution in [-0.2, 0) is 11.3 Å². The second-order valence-electron chi connectivity index (χ2n) is 4.85. The van der Waals surface area contributed by atoms with Crippen molar-refractivity contribution in [1.29, 1.82) is 0 Å². The van der Waals surface area contributed by atoms with Crippen molar-refractivity contribution in [3.8, 4) is 11.5 Å². The molecule has 1 aromatic carbocycles. The first-order chi connectivity index (χ1) is 10.2. The molecule has 1 aromatic heterocycles. The zero-order valence-electron chi connectivity index (χ0n) is 12.2. The van der Waals surface area contributed by atoms with E-state index in [4.69, 9.17) is 9.47 Å². The van der Waals surface area contributed by atoms with Crippen LogP contribution in [0.2, 0.25) is 0 Å². The average molecular weight is 306 g/mol. The van der Waals surface area contributed by atoms with Crippen molar-refractivity contribution in [2.45, 2.75) is 33.2 Å². The van der Waals surface area contributed by atoms with Gasteiger partial charge in [-0.1, -0.05) is 18.3 Å². The molecule has 0 atom stereocenters. The molecule has 0 aliphatic carbocycles. The lowest BCUT2D eigenvalue weighted by atomic mass is 10.2. The van der Waals surface area contributed by atoms with Gasteiger partial charge in [-0.3, -0.25) is 4.79 Å². The second kappa shape index (κ2) is 5.89. The van der Waals surface area contributed by atoms with E-state index in [1.807, 2.05) is 30.5 Å². The zero-order valence-corrected chi connectivity index (χ0v) is 13.0. The quantitative estimate of drug-likeness (QED) is 0.876. The number of carbonyl (C=O) groups is 1. The molecule has 3 rings (SSSR count). The fourth-order valence-electron chi connectivity index (χ4n) is 2.37. The Bertz CT molecular complexity index is 745. The predicted octanol–water partition coefficient (Wildman–Crippen LogP) is 2.72. The molecule has 0 saturated carbocycles. The molecule has 0 unspecified atom stereocenters. The highest BCUT2D eigenvalue weighted by atomic mass is 32.1. The number of thiazole rings is 1. The highest BCUT2D eigenvalue weighted by Crippen LogP contribution is 2.35. The second-order valence-corrected chi connectivity index (χ2v) is 5.86. The van der Waals surface area contributed by atoms with Crippen LogP contribution in [0.15, 0.2) is 17.1 Å². The zero-order chi connectivity index (χ0) is 14.8. The molecule has 5 nitrogen and oxygen atoms in total. The SMILES string of the molecule is CCCC(=O)N=c1sc2cc3c(cc2n1CC)OCCO3. The van der Waals surface area contributed by atoms with Crippen LogP contribution in [-0.4, -0.2) is 23.7 Å². The fraction of sp³-hybridized carbons (Fsp3) is 0.467. The van der Waals surface area contributed by atoms with E-state index >= 15 is 0 Å². The summed E-state index contributed by atoms with van der Waals surface area (Å²) in [5, 5.41) is 0. The summed E-state index contributed by atoms with van der Waals surface area (Å²) in [7, 11) is 0. The highest BCUT2D eigenvalue weighted by molar-refractivity contribution is 7.16. The normalized spacial score (nSPS) is 14.7. The molecule has 112 valence electrons. The molecule has 6 heteroatoms. The third-order valence-corrected chi connectivity index (χ3v) is 4.39. The van der Waals surface area contributed by atoms with Gasteiger partial charge in [-0.05, 0) is 13.3 Å². The first-order valence-electron chi connectivity index (χ1n) is 7.23. The highest BCUT2D eigenvalue weighted by Gasteiger charge is 2.16. The first-order valence-corrected chi connectivity index (χ1v) is 8.05. The largest absolute Gasteiger partial charge is 0.486 e. The summed E-state index contributed by atoms with van der Waals surface area (Å²) in [6, 6.07) is 3.96. The van der Waals surface area contributed by atoms with Crippen LogP contribution in [0.25, 0.3) is 10.2 Å². The van der Waals surface area contributed by atoms with Crippen LogP contribution >= 0.6 is 11.3 Å². The fourth-order valence-corrected chi connectivity index (χ4v) is 3.50. The van der Waals surface area contributed by atoms with Crippen LogP contribution in [0.1, 0.15) is 26.7 Å². The van der Waals surface area contributed by atoms with Gasteiger partial charge in [0.2, 0.25) is 5.91 Å². The number of ether oxygens (including phenoxy) is 2. The van der Waals surface area contributed by atoms with Gasteiger partial charge < -0.3 is 14.0 Å². The summed E-state index contributed by atoms with van der Waals surface area (Å²) in [5.41, 5.74) is 1.04. The molecule has 0 radical (unpaired) electrons. The third kappa shape index (κ3) is 2.68. The predicted molar refractivity (Wildman–Crippen MR) is 82.0 cm³/mol. The minimum atomic E-state index is -0.0662. The molecule has 0 N–H and O–H groups in total. The van der Waals surface area contributed by atoms with Gasteiger partial charge in [0.25, 0.3) is 0 Å². The lowest BCUT2D eigenvalue weighted by Gasteiger charge is -2.18. The van der Waals surface area contributed by atoms with E-state index in [-0.39, 0.29) is 5.91 Å². The molecule has 1 aliphatic heterocycles. The number of rotatable bonds is 3. The van der Waals surface area contributed by atoms with Crippen molar-refractivity contribution in [3.63, 3.8) is 0 Å². The molecular weight excluding hydrogens is 288 g/mol. The minimum absolute atomic E-state index is 0.0662. The molecule has 2 heterocycles. The van der Waals surface area contributed by atoms with Crippen molar-refractivity contribution >= 4 is 27.5 Å². The van der Waals surface area contributed by atoms with E-state index in [2.05, 4.69) is 4.99 Å². The monoisotopic (exact) mass is 306 g/mol. The van der Waals surface area contributed by atoms with E-state index in [0.29, 0.717) is 19.6 Å². The lowest BCUT2D eigenvalue weighted by Crippen LogP contribution is -2.17. The van der Waals surface area contributed by atoms with Gasteiger partial charge in [-0.15, -0.1) is 0 Å². The van der Waals surface area contributed by atoms with Gasteiger partial charge >= 0.3 is 0 Å². The molecular formula is C15H18N2O3S. The van der Waals surface area contributed by atoms with Gasteiger partial charge in [-0.2, -0.15) is 4.99 Å². The molecule has 2 aromatic rings. The molecule has 0 spiro atoms. The van der Waals surface area contributed by atoms with Crippen molar-refractivity contribution in [3.05, 3.63) is 16.9 Å². The number of hydrogen-bond acceptors (Lipinski definition) is 4. The number of aryl methyl sites for hydroxylation is 1. The Kier molecular flexibility index (Phi) is 3.96. The maximum absolute atomic E-state index is 11.8. The maximum Gasteiger partial charge on any atom is 0.248 e. The Morgan fingerprint density at radius 3 is 2.67 bits per heavy atom. The van der Waals surface area contributed by atoms with Gasteiger partial charge in [0.15, 0.2) is 16.3 Å². The van der Waals surface area contributed by atoms with E-state index in [1.54, 1.807) is 0 Å². The van der Waals surface area contributed by atoms with E-state index in [1.165, 1.54) is 11.3 Å². The Balaban J connectivity index is 2.16. The van der Waals surface area contributed by atoms with Crippen molar-refractivity contribution < 1.29 is 14.3 Å². The molecule has 1 aliphatic rings. The summed E-state index contributed by atoms with van der Waals surface area (Å²) >= 11 is 1.52. The number of amides is 1. The van der Waals surface area contributed by atoms with Crippen molar-refractivity contribution in [1.82, 2.24) is 4.57 Å². The average Bonchev–Trinajstić information content (AvgIpc) is 2.80. The van der Waals surface area contributed by atoms with Crippen LogP contribution in [0.5, 0.6) is 11.5 Å². The van der Waals surface area contributed by atoms with Crippen LogP contribution in [0.4, 0.5) is 0 Å². The number of hydrogen-bond donors (Lipinski definition) is 0. The van der Waals surface area contributed by atoms with Gasteiger partial charge in [0.1, 0.15) is 13.2 Å². The Labute approximate surface area is 126 Å². The smallest absolute Gasteiger partial charge is 0.248 e. The van der Waals surface area contributed by atoms with Gasteiger partial charge in [0.05, 0.1) is 10.2 Å². The summed E-state index contributed by atoms with van der Waals surface area (Å²) in [4.78, 5) is 16.8. The summed E-state index contributed by atoms with van der Waals surface area (Å²) in [6.07, 6.45) is 1.30. The lowest BCUT2D eigenvalue weighted by molar-refractivity contribution is -0.118. The maximum atomic E-state index is 11.8. The molecule has 0 fully saturated rings. The molecule has 1 amide bonds. The number of fused-ring (bicyclic) bond motifs is 2. The first kappa shape index (κ1) is 14.1. The van der Waals surface area contributed by atoms with Crippen LogP contribution < -0.4 is 14.3 Å². The van der Waals surface area contributed by atoms with E-state index in [9.17, 15) is 4.79 Å². The Morgan fingerprint density at radius 1 is 1.29 bits per heavy atom. The molecule has 0 bridgehead atoms. The van der Waals surface area contributed by atoms with Crippen LogP contribution in [0, 0.1) is 0 Å². The molecule has 21 heavy (non-hydrogen) atoms. The van der Waals surface area contributed by atoms with E-state index in [0.717, 1.165) is 39.5 Å². The number of nitrogens with zero attached hydrogens (tertiary/aromatic N) is 2. The van der Waals surface area contributed by atoms with Crippen molar-refractivity contribution in [2.75, 3.05) is 13.2 Å². The van der Waals surface area contributed by atoms with Gasteiger partial charge in [0, 0.05) is 25.1 Å². The third-order valence-electron chi connectivity index (χ3n) is 3.35. The van der Waals surface area contributed by atoms with Crippen molar-refractivity contribution in [2.24, 2.45) is 4.99 Å². The number of aromatic nitrogens is 1. The minimum Gasteiger partial charge on any atom is -0.486 e. The van der Waals surface area contributed by atoms with Gasteiger partial charge in [-0.25, -0.2) is 0 Å².